The Kier molecular flexibility index (Phi) is 3.85. The predicted octanol–water partition coefficient (Wildman–Crippen LogP) is 3.80. The number of benzene rings is 1. The van der Waals surface area contributed by atoms with Gasteiger partial charge in [0.25, 0.3) is 0 Å². The predicted molar refractivity (Wildman–Crippen MR) is 74.3 cm³/mol. The lowest BCUT2D eigenvalue weighted by atomic mass is 10.1. The van der Waals surface area contributed by atoms with Crippen LogP contribution in [0, 0.1) is 16.3 Å². The molecule has 0 aliphatic rings. The molecular formula is C12H8F4IN3. The minimum absolute atomic E-state index is 0.0885. The molecule has 2 aromatic rings. The van der Waals surface area contributed by atoms with Crippen molar-refractivity contribution < 1.29 is 17.6 Å². The van der Waals surface area contributed by atoms with Gasteiger partial charge in [-0.15, -0.1) is 0 Å². The molecule has 8 heteroatoms. The Morgan fingerprint density at radius 2 is 1.85 bits per heavy atom. The molecule has 0 radical (unpaired) electrons. The first-order valence-electron chi connectivity index (χ1n) is 5.37. The maximum atomic E-state index is 13.0. The lowest BCUT2D eigenvalue weighted by Crippen LogP contribution is -2.10. The molecule has 0 amide bonds. The molecule has 0 atom stereocenters. The summed E-state index contributed by atoms with van der Waals surface area (Å²) in [6, 6.07) is 2.35. The number of nitrogens with two attached hydrogens (primary N) is 1. The number of aryl methyl sites for hydroxylation is 1. The van der Waals surface area contributed by atoms with Crippen LogP contribution in [0.3, 0.4) is 0 Å². The first kappa shape index (κ1) is 14.9. The molecule has 0 unspecified atom stereocenters. The third kappa shape index (κ3) is 2.84. The highest BCUT2D eigenvalue weighted by molar-refractivity contribution is 14.1. The van der Waals surface area contributed by atoms with Crippen LogP contribution < -0.4 is 5.73 Å². The maximum Gasteiger partial charge on any atom is 0.417 e. The van der Waals surface area contributed by atoms with Crippen molar-refractivity contribution in [2.45, 2.75) is 13.1 Å². The molecule has 1 aromatic carbocycles. The average Bonchev–Trinajstić information content (AvgIpc) is 2.34. The summed E-state index contributed by atoms with van der Waals surface area (Å²) in [4.78, 5) is 7.83. The molecule has 1 aromatic heterocycles. The second-order valence-corrected chi connectivity index (χ2v) is 5.10. The minimum atomic E-state index is -4.70. The van der Waals surface area contributed by atoms with E-state index in [4.69, 9.17) is 5.73 Å². The monoisotopic (exact) mass is 397 g/mol. The lowest BCUT2D eigenvalue weighted by molar-refractivity contribution is -0.137. The van der Waals surface area contributed by atoms with Gasteiger partial charge in [0.1, 0.15) is 11.6 Å². The zero-order valence-electron chi connectivity index (χ0n) is 10.1. The van der Waals surface area contributed by atoms with E-state index in [1.165, 1.54) is 0 Å². The van der Waals surface area contributed by atoms with Crippen LogP contribution in [0.4, 0.5) is 23.4 Å². The second-order valence-electron chi connectivity index (χ2n) is 4.02. The van der Waals surface area contributed by atoms with E-state index in [0.29, 0.717) is 15.3 Å². The van der Waals surface area contributed by atoms with Gasteiger partial charge in [-0.05, 0) is 47.7 Å². The summed E-state index contributed by atoms with van der Waals surface area (Å²) >= 11 is 1.90. The van der Waals surface area contributed by atoms with E-state index < -0.39 is 17.6 Å². The molecule has 3 nitrogen and oxygen atoms in total. The fourth-order valence-corrected chi connectivity index (χ4v) is 1.89. The molecule has 2 rings (SSSR count). The first-order chi connectivity index (χ1) is 9.20. The quantitative estimate of drug-likeness (QED) is 0.589. The second kappa shape index (κ2) is 5.15. The van der Waals surface area contributed by atoms with Crippen molar-refractivity contribution in [1.29, 1.82) is 0 Å². The first-order valence-corrected chi connectivity index (χ1v) is 6.44. The standard InChI is InChI=1S/C12H8F4IN3/c1-5-9(17)10(18)20-11(19-5)7-3-2-6(13)4-8(7)12(14,15)16/h2-4H,1H3,(H2,18,19,20). The van der Waals surface area contributed by atoms with Crippen LogP contribution in [-0.4, -0.2) is 9.97 Å². The topological polar surface area (TPSA) is 51.8 Å². The summed E-state index contributed by atoms with van der Waals surface area (Å²) in [6.45, 7) is 1.61. The molecule has 20 heavy (non-hydrogen) atoms. The molecule has 0 saturated heterocycles. The molecule has 0 saturated carbocycles. The molecule has 2 N–H and O–H groups in total. The van der Waals surface area contributed by atoms with Crippen LogP contribution >= 0.6 is 22.6 Å². The summed E-state index contributed by atoms with van der Waals surface area (Å²) in [5.74, 6) is -1.06. The summed E-state index contributed by atoms with van der Waals surface area (Å²) in [5.41, 5.74) is 4.67. The van der Waals surface area contributed by atoms with E-state index in [1.807, 2.05) is 22.6 Å². The Morgan fingerprint density at radius 3 is 2.40 bits per heavy atom. The summed E-state index contributed by atoms with van der Waals surface area (Å²) in [6.07, 6.45) is -4.70. The lowest BCUT2D eigenvalue weighted by Gasteiger charge is -2.13. The van der Waals surface area contributed by atoms with Gasteiger partial charge in [0.15, 0.2) is 5.82 Å². The molecule has 106 valence electrons. The van der Waals surface area contributed by atoms with Gasteiger partial charge in [0.05, 0.1) is 14.8 Å². The Balaban J connectivity index is 2.70. The van der Waals surface area contributed by atoms with Crippen LogP contribution in [0.1, 0.15) is 11.3 Å². The van der Waals surface area contributed by atoms with Gasteiger partial charge in [-0.1, -0.05) is 0 Å². The molecule has 0 aliphatic heterocycles. The Labute approximate surface area is 125 Å². The van der Waals surface area contributed by atoms with E-state index in [-0.39, 0.29) is 17.2 Å². The fraction of sp³-hybridized carbons (Fsp3) is 0.167. The number of nitrogens with zero attached hydrogens (tertiary/aromatic N) is 2. The van der Waals surface area contributed by atoms with Crippen molar-refractivity contribution in [3.63, 3.8) is 0 Å². The number of anilines is 1. The summed E-state index contributed by atoms with van der Waals surface area (Å²) in [7, 11) is 0. The van der Waals surface area contributed by atoms with Gasteiger partial charge in [-0.25, -0.2) is 14.4 Å². The highest BCUT2D eigenvalue weighted by Gasteiger charge is 2.35. The third-order valence-electron chi connectivity index (χ3n) is 2.57. The number of nitrogen functional groups attached to an aromatic ring is 1. The summed E-state index contributed by atoms with van der Waals surface area (Å²) < 4.78 is 52.4. The van der Waals surface area contributed by atoms with Gasteiger partial charge in [-0.3, -0.25) is 0 Å². The van der Waals surface area contributed by atoms with Crippen LogP contribution in [0.5, 0.6) is 0 Å². The number of rotatable bonds is 1. The Hall–Kier alpha value is -1.45. The number of halogens is 5. The summed E-state index contributed by atoms with van der Waals surface area (Å²) in [5, 5.41) is 0. The molecule has 0 spiro atoms. The molecule has 0 fully saturated rings. The molecule has 0 bridgehead atoms. The SMILES string of the molecule is Cc1nc(-c2ccc(F)cc2C(F)(F)F)nc(N)c1I. The van der Waals surface area contributed by atoms with Gasteiger partial charge in [0.2, 0.25) is 0 Å². The highest BCUT2D eigenvalue weighted by Crippen LogP contribution is 2.36. The van der Waals surface area contributed by atoms with Crippen LogP contribution in [0.25, 0.3) is 11.4 Å². The van der Waals surface area contributed by atoms with Crippen molar-refractivity contribution in [3.05, 3.63) is 38.8 Å². The number of alkyl halides is 3. The van der Waals surface area contributed by atoms with Gasteiger partial charge in [-0.2, -0.15) is 13.2 Å². The van der Waals surface area contributed by atoms with Crippen LogP contribution in [0.15, 0.2) is 18.2 Å². The largest absolute Gasteiger partial charge is 0.417 e. The van der Waals surface area contributed by atoms with E-state index in [1.54, 1.807) is 6.92 Å². The van der Waals surface area contributed by atoms with Crippen molar-refractivity contribution in [2.24, 2.45) is 0 Å². The number of hydrogen-bond donors (Lipinski definition) is 1. The van der Waals surface area contributed by atoms with Crippen LogP contribution in [0.2, 0.25) is 0 Å². The van der Waals surface area contributed by atoms with Crippen molar-refractivity contribution in [1.82, 2.24) is 9.97 Å². The highest BCUT2D eigenvalue weighted by atomic mass is 127. The maximum absolute atomic E-state index is 13.0. The van der Waals surface area contributed by atoms with E-state index in [2.05, 4.69) is 9.97 Å². The minimum Gasteiger partial charge on any atom is -0.383 e. The molecule has 0 aliphatic carbocycles. The van der Waals surface area contributed by atoms with Crippen molar-refractivity contribution in [2.75, 3.05) is 5.73 Å². The van der Waals surface area contributed by atoms with Crippen LogP contribution in [-0.2, 0) is 6.18 Å². The van der Waals surface area contributed by atoms with Gasteiger partial charge < -0.3 is 5.73 Å². The van der Waals surface area contributed by atoms with Gasteiger partial charge >= 0.3 is 6.18 Å². The normalized spacial score (nSPS) is 11.7. The number of hydrogen-bond acceptors (Lipinski definition) is 3. The van der Waals surface area contributed by atoms with Crippen molar-refractivity contribution >= 4 is 28.4 Å². The zero-order valence-corrected chi connectivity index (χ0v) is 12.3. The Bertz CT molecular complexity index is 647. The van der Waals surface area contributed by atoms with Gasteiger partial charge in [0, 0.05) is 5.56 Å². The average molecular weight is 397 g/mol. The Morgan fingerprint density at radius 1 is 1.20 bits per heavy atom. The van der Waals surface area contributed by atoms with E-state index >= 15 is 0 Å². The zero-order chi connectivity index (χ0) is 15.1. The number of aromatic nitrogens is 2. The molecule has 1 heterocycles. The molecular weight excluding hydrogens is 389 g/mol. The smallest absolute Gasteiger partial charge is 0.383 e. The van der Waals surface area contributed by atoms with E-state index in [0.717, 1.165) is 12.1 Å². The van der Waals surface area contributed by atoms with E-state index in [9.17, 15) is 17.6 Å². The van der Waals surface area contributed by atoms with Crippen molar-refractivity contribution in [3.8, 4) is 11.4 Å². The fourth-order valence-electron chi connectivity index (χ4n) is 1.65. The third-order valence-corrected chi connectivity index (χ3v) is 3.90.